The zero-order valence-corrected chi connectivity index (χ0v) is 17.6. The summed E-state index contributed by atoms with van der Waals surface area (Å²) in [7, 11) is 1.61. The van der Waals surface area contributed by atoms with Crippen molar-refractivity contribution in [3.63, 3.8) is 0 Å². The van der Waals surface area contributed by atoms with Crippen molar-refractivity contribution in [2.45, 2.75) is 5.16 Å². The molecule has 0 unspecified atom stereocenters. The van der Waals surface area contributed by atoms with Crippen LogP contribution in [0, 0.1) is 0 Å². The van der Waals surface area contributed by atoms with Gasteiger partial charge in [0.05, 0.1) is 29.9 Å². The van der Waals surface area contributed by atoms with Gasteiger partial charge in [-0.25, -0.2) is 0 Å². The highest BCUT2D eigenvalue weighted by Gasteiger charge is 2.15. The van der Waals surface area contributed by atoms with E-state index in [2.05, 4.69) is 21.0 Å². The number of tetrazole rings is 1. The molecule has 9 heteroatoms. The van der Waals surface area contributed by atoms with E-state index in [0.717, 1.165) is 22.8 Å². The Kier molecular flexibility index (Phi) is 6.44. The highest BCUT2D eigenvalue weighted by Crippen LogP contribution is 2.24. The minimum atomic E-state index is -0.179. The predicted molar refractivity (Wildman–Crippen MR) is 120 cm³/mol. The van der Waals surface area contributed by atoms with Crippen LogP contribution in [0.2, 0.25) is 0 Å². The molecule has 1 aromatic heterocycles. The number of thioether (sulfide) groups is 1. The summed E-state index contributed by atoms with van der Waals surface area (Å²) in [5.74, 6) is 0.710. The molecule has 1 N–H and O–H groups in total. The topological polar surface area (TPSA) is 85.2 Å². The molecule has 0 atom stereocenters. The van der Waals surface area contributed by atoms with Gasteiger partial charge in [0.15, 0.2) is 0 Å². The lowest BCUT2D eigenvalue weighted by molar-refractivity contribution is -0.118. The van der Waals surface area contributed by atoms with E-state index in [1.165, 1.54) is 11.8 Å². The van der Waals surface area contributed by atoms with Crippen LogP contribution in [0.15, 0.2) is 90.1 Å². The van der Waals surface area contributed by atoms with Crippen LogP contribution in [0.25, 0.3) is 5.69 Å². The van der Waals surface area contributed by atoms with Crippen LogP contribution in [0.1, 0.15) is 0 Å². The number of carbonyl (C=O) groups excluding carboxylic acids is 1. The molecule has 8 nitrogen and oxygen atoms in total. The smallest absolute Gasteiger partial charge is 0.249 e. The SMILES string of the molecule is COc1ccc(-n2nnnc2SCC(=O)NN(c2ccccc2)c2ccccc2)cc1. The molecule has 0 spiro atoms. The van der Waals surface area contributed by atoms with Gasteiger partial charge in [-0.05, 0) is 59.0 Å². The number of nitrogens with zero attached hydrogens (tertiary/aromatic N) is 5. The standard InChI is InChI=1S/C22H20N6O2S/c1-30-20-14-12-19(13-15-20)28-22(23-25-26-28)31-16-21(29)24-27(17-8-4-2-5-9-17)18-10-6-3-7-11-18/h2-15H,16H2,1H3,(H,24,29). The van der Waals surface area contributed by atoms with E-state index in [1.54, 1.807) is 16.8 Å². The van der Waals surface area contributed by atoms with Crippen LogP contribution in [0.5, 0.6) is 5.75 Å². The number of para-hydroxylation sites is 2. The molecule has 1 amide bonds. The summed E-state index contributed by atoms with van der Waals surface area (Å²) in [5.41, 5.74) is 5.46. The molecule has 0 aliphatic carbocycles. The molecule has 0 aliphatic heterocycles. The summed E-state index contributed by atoms with van der Waals surface area (Å²) < 4.78 is 6.77. The molecule has 0 fully saturated rings. The van der Waals surface area contributed by atoms with Gasteiger partial charge in [0.1, 0.15) is 5.75 Å². The predicted octanol–water partition coefficient (Wildman–Crippen LogP) is 3.63. The number of ether oxygens (including phenoxy) is 1. The van der Waals surface area contributed by atoms with Crippen LogP contribution in [0.4, 0.5) is 11.4 Å². The number of rotatable bonds is 8. The van der Waals surface area contributed by atoms with E-state index in [1.807, 2.05) is 84.9 Å². The Morgan fingerprint density at radius 1 is 0.968 bits per heavy atom. The van der Waals surface area contributed by atoms with E-state index < -0.39 is 0 Å². The van der Waals surface area contributed by atoms with Crippen molar-refractivity contribution in [1.82, 2.24) is 25.6 Å². The van der Waals surface area contributed by atoms with E-state index in [4.69, 9.17) is 4.74 Å². The second kappa shape index (κ2) is 9.77. The summed E-state index contributed by atoms with van der Waals surface area (Å²) >= 11 is 1.26. The van der Waals surface area contributed by atoms with Gasteiger partial charge in [0.2, 0.25) is 11.1 Å². The summed E-state index contributed by atoms with van der Waals surface area (Å²) in [4.78, 5) is 12.8. The fraction of sp³-hybridized carbons (Fsp3) is 0.0909. The first-order chi connectivity index (χ1) is 15.2. The normalized spacial score (nSPS) is 10.5. The van der Waals surface area contributed by atoms with Crippen LogP contribution >= 0.6 is 11.8 Å². The van der Waals surface area contributed by atoms with Crippen molar-refractivity contribution >= 4 is 29.0 Å². The molecule has 3 aromatic carbocycles. The summed E-state index contributed by atoms with van der Waals surface area (Å²) in [5, 5.41) is 14.1. The first-order valence-corrected chi connectivity index (χ1v) is 10.5. The van der Waals surface area contributed by atoms with Crippen molar-refractivity contribution in [3.05, 3.63) is 84.9 Å². The molecule has 1 heterocycles. The molecule has 4 aromatic rings. The zero-order chi connectivity index (χ0) is 21.5. The lowest BCUT2D eigenvalue weighted by Crippen LogP contribution is -2.40. The number of hydrazine groups is 1. The maximum absolute atomic E-state index is 12.8. The Labute approximate surface area is 183 Å². The minimum absolute atomic E-state index is 0.146. The van der Waals surface area contributed by atoms with Gasteiger partial charge in [-0.3, -0.25) is 15.2 Å². The van der Waals surface area contributed by atoms with Crippen LogP contribution in [0.3, 0.4) is 0 Å². The molecule has 0 saturated heterocycles. The lowest BCUT2D eigenvalue weighted by Gasteiger charge is -2.25. The van der Waals surface area contributed by atoms with Crippen molar-refractivity contribution in [1.29, 1.82) is 0 Å². The van der Waals surface area contributed by atoms with Crippen LogP contribution in [-0.4, -0.2) is 39.0 Å². The number of amides is 1. The third kappa shape index (κ3) is 5.01. The average molecular weight is 433 g/mol. The van der Waals surface area contributed by atoms with Gasteiger partial charge in [0, 0.05) is 0 Å². The quantitative estimate of drug-likeness (QED) is 0.336. The molecular weight excluding hydrogens is 412 g/mol. The largest absolute Gasteiger partial charge is 0.497 e. The summed E-state index contributed by atoms with van der Waals surface area (Å²) in [6, 6.07) is 26.7. The first-order valence-electron chi connectivity index (χ1n) is 9.50. The molecule has 0 aliphatic rings. The Hall–Kier alpha value is -3.85. The maximum Gasteiger partial charge on any atom is 0.249 e. The zero-order valence-electron chi connectivity index (χ0n) is 16.8. The molecule has 4 rings (SSSR count). The van der Waals surface area contributed by atoms with Crippen molar-refractivity contribution in [2.75, 3.05) is 17.9 Å². The number of aromatic nitrogens is 4. The summed E-state index contributed by atoms with van der Waals surface area (Å²) in [6.07, 6.45) is 0. The van der Waals surface area contributed by atoms with Crippen molar-refractivity contribution in [2.24, 2.45) is 0 Å². The highest BCUT2D eigenvalue weighted by atomic mass is 32.2. The van der Waals surface area contributed by atoms with E-state index in [-0.39, 0.29) is 11.7 Å². The van der Waals surface area contributed by atoms with E-state index in [0.29, 0.717) is 5.16 Å². The second-order valence-electron chi connectivity index (χ2n) is 6.40. The average Bonchev–Trinajstić information content (AvgIpc) is 3.31. The number of hydrogen-bond acceptors (Lipinski definition) is 7. The number of methoxy groups -OCH3 is 1. The number of benzene rings is 3. The fourth-order valence-corrected chi connectivity index (χ4v) is 3.56. The maximum atomic E-state index is 12.8. The third-order valence-corrected chi connectivity index (χ3v) is 5.27. The van der Waals surface area contributed by atoms with E-state index in [9.17, 15) is 4.79 Å². The van der Waals surface area contributed by atoms with Gasteiger partial charge in [-0.2, -0.15) is 4.68 Å². The Morgan fingerprint density at radius 2 is 1.58 bits per heavy atom. The Morgan fingerprint density at radius 3 is 2.16 bits per heavy atom. The van der Waals surface area contributed by atoms with E-state index >= 15 is 0 Å². The fourth-order valence-electron chi connectivity index (χ4n) is 2.87. The highest BCUT2D eigenvalue weighted by molar-refractivity contribution is 7.99. The molecule has 156 valence electrons. The lowest BCUT2D eigenvalue weighted by atomic mass is 10.2. The Bertz CT molecular complexity index is 1080. The van der Waals surface area contributed by atoms with Gasteiger partial charge in [-0.1, -0.05) is 48.2 Å². The molecule has 0 saturated carbocycles. The van der Waals surface area contributed by atoms with Crippen molar-refractivity contribution in [3.8, 4) is 11.4 Å². The number of anilines is 2. The van der Waals surface area contributed by atoms with Gasteiger partial charge >= 0.3 is 0 Å². The first kappa shape index (κ1) is 20.4. The molecular formula is C22H20N6O2S. The van der Waals surface area contributed by atoms with Crippen molar-refractivity contribution < 1.29 is 9.53 Å². The second-order valence-corrected chi connectivity index (χ2v) is 7.34. The number of carbonyl (C=O) groups is 1. The molecule has 0 bridgehead atoms. The van der Waals surface area contributed by atoms with Gasteiger partial charge in [-0.15, -0.1) is 5.10 Å². The summed E-state index contributed by atoms with van der Waals surface area (Å²) in [6.45, 7) is 0. The monoisotopic (exact) mass is 432 g/mol. The number of hydrogen-bond donors (Lipinski definition) is 1. The molecule has 0 radical (unpaired) electrons. The van der Waals surface area contributed by atoms with Gasteiger partial charge in [0.25, 0.3) is 0 Å². The molecule has 31 heavy (non-hydrogen) atoms. The Balaban J connectivity index is 1.45. The third-order valence-electron chi connectivity index (χ3n) is 4.36. The van der Waals surface area contributed by atoms with Crippen LogP contribution in [-0.2, 0) is 4.79 Å². The van der Waals surface area contributed by atoms with Gasteiger partial charge < -0.3 is 4.74 Å². The number of nitrogens with one attached hydrogen (secondary N) is 1. The van der Waals surface area contributed by atoms with Crippen LogP contribution < -0.4 is 15.2 Å². The minimum Gasteiger partial charge on any atom is -0.497 e.